The van der Waals surface area contributed by atoms with Crippen molar-refractivity contribution in [3.05, 3.63) is 24.5 Å². The number of fused-ring (bicyclic) bond motifs is 1. The van der Waals surface area contributed by atoms with Gasteiger partial charge in [0.15, 0.2) is 0 Å². The van der Waals surface area contributed by atoms with Crippen molar-refractivity contribution in [1.82, 2.24) is 14.8 Å². The Kier molecular flexibility index (Phi) is 1.30. The second-order valence-corrected chi connectivity index (χ2v) is 2.28. The zero-order chi connectivity index (χ0) is 8.55. The average Bonchev–Trinajstić information content (AvgIpc) is 2.49. The van der Waals surface area contributed by atoms with E-state index in [9.17, 15) is 4.79 Å². The second kappa shape index (κ2) is 2.30. The Labute approximate surface area is 67.6 Å². The maximum atomic E-state index is 10.6. The van der Waals surface area contributed by atoms with Gasteiger partial charge >= 0.3 is 6.09 Å². The second-order valence-electron chi connectivity index (χ2n) is 2.28. The number of hydrogen-bond acceptors (Lipinski definition) is 3. The lowest BCUT2D eigenvalue weighted by molar-refractivity contribution is 0.196. The molecule has 5 heteroatoms. The number of hydrogen-bond donors (Lipinski definition) is 1. The van der Waals surface area contributed by atoms with Gasteiger partial charge in [0.25, 0.3) is 0 Å². The highest BCUT2D eigenvalue weighted by molar-refractivity contribution is 5.75. The fraction of sp³-hybridized carbons (Fsp3) is 0. The topological polar surface area (TPSA) is 68.0 Å². The van der Waals surface area contributed by atoms with Gasteiger partial charge in [-0.25, -0.2) is 9.36 Å². The summed E-state index contributed by atoms with van der Waals surface area (Å²) in [7, 11) is 0. The van der Waals surface area contributed by atoms with Crippen LogP contribution in [0, 0.1) is 0 Å². The van der Waals surface area contributed by atoms with E-state index in [0.717, 1.165) is 4.57 Å². The van der Waals surface area contributed by atoms with E-state index in [1.165, 1.54) is 12.4 Å². The molecule has 2 aliphatic heterocycles. The highest BCUT2D eigenvalue weighted by Gasteiger charge is 2.11. The molecule has 0 amide bonds. The molecular formula is C7H5N3O2. The molecule has 0 aliphatic carbocycles. The molecule has 0 atom stereocenters. The molecule has 0 saturated heterocycles. The molecule has 2 heterocycles. The number of nitrogens with zero attached hydrogens (tertiary/aromatic N) is 3. The average molecular weight is 163 g/mol. The zero-order valence-corrected chi connectivity index (χ0v) is 6.01. The summed E-state index contributed by atoms with van der Waals surface area (Å²) in [4.78, 5) is 10.6. The summed E-state index contributed by atoms with van der Waals surface area (Å²) in [5.41, 5.74) is 1.09. The maximum absolute atomic E-state index is 10.6. The molecule has 60 valence electrons. The van der Waals surface area contributed by atoms with E-state index in [0.29, 0.717) is 11.4 Å². The molecule has 0 bridgehead atoms. The molecule has 0 fully saturated rings. The lowest BCUT2D eigenvalue weighted by Crippen LogP contribution is -2.10. The Bertz CT molecular complexity index is 396. The van der Waals surface area contributed by atoms with E-state index in [4.69, 9.17) is 5.11 Å². The van der Waals surface area contributed by atoms with Gasteiger partial charge in [0.1, 0.15) is 5.69 Å². The molecule has 0 aromatic carbocycles. The van der Waals surface area contributed by atoms with E-state index in [1.807, 2.05) is 0 Å². The first kappa shape index (κ1) is 6.78. The van der Waals surface area contributed by atoms with Gasteiger partial charge in [0, 0.05) is 6.20 Å². The molecule has 2 rings (SSSR count). The third kappa shape index (κ3) is 0.833. The van der Waals surface area contributed by atoms with Gasteiger partial charge in [0.2, 0.25) is 0 Å². The first-order valence-corrected chi connectivity index (χ1v) is 3.31. The van der Waals surface area contributed by atoms with Crippen molar-refractivity contribution in [2.75, 3.05) is 0 Å². The fourth-order valence-corrected chi connectivity index (χ4v) is 1.03. The van der Waals surface area contributed by atoms with E-state index in [-0.39, 0.29) is 0 Å². The minimum absolute atomic E-state index is 0.505. The summed E-state index contributed by atoms with van der Waals surface area (Å²) in [5, 5.41) is 16.0. The van der Waals surface area contributed by atoms with Crippen LogP contribution in [0.15, 0.2) is 24.5 Å². The SMILES string of the molecule is O=C(O)n1cccc2nncc1-2. The largest absolute Gasteiger partial charge is 0.464 e. The van der Waals surface area contributed by atoms with Crippen LogP contribution in [0.4, 0.5) is 4.79 Å². The van der Waals surface area contributed by atoms with E-state index >= 15 is 0 Å². The number of carboxylic acid groups (broad SMARTS) is 1. The van der Waals surface area contributed by atoms with Crippen LogP contribution in [0.1, 0.15) is 0 Å². The monoisotopic (exact) mass is 163 g/mol. The van der Waals surface area contributed by atoms with Crippen molar-refractivity contribution in [3.8, 4) is 11.4 Å². The minimum Gasteiger partial charge on any atom is -0.464 e. The van der Waals surface area contributed by atoms with Crippen LogP contribution in [-0.4, -0.2) is 26.0 Å². The van der Waals surface area contributed by atoms with Crippen molar-refractivity contribution in [2.45, 2.75) is 0 Å². The molecule has 0 aromatic heterocycles. The summed E-state index contributed by atoms with van der Waals surface area (Å²) in [6.07, 6.45) is 1.84. The summed E-state index contributed by atoms with van der Waals surface area (Å²) >= 11 is 0. The van der Waals surface area contributed by atoms with Gasteiger partial charge in [-0.05, 0) is 12.1 Å². The van der Waals surface area contributed by atoms with Crippen LogP contribution in [-0.2, 0) is 0 Å². The molecule has 0 radical (unpaired) electrons. The van der Waals surface area contributed by atoms with Gasteiger partial charge in [-0.15, -0.1) is 5.10 Å². The van der Waals surface area contributed by atoms with Crippen molar-refractivity contribution in [2.24, 2.45) is 0 Å². The molecule has 0 aromatic rings. The van der Waals surface area contributed by atoms with Crippen LogP contribution in [0.2, 0.25) is 0 Å². The number of aromatic nitrogens is 3. The molecule has 1 N–H and O–H groups in total. The Balaban J connectivity index is 2.71. The number of rotatable bonds is 0. The molecule has 0 unspecified atom stereocenters. The molecule has 5 nitrogen and oxygen atoms in total. The van der Waals surface area contributed by atoms with Gasteiger partial charge < -0.3 is 5.11 Å². The highest BCUT2D eigenvalue weighted by Crippen LogP contribution is 2.16. The number of carbonyl (C=O) groups is 1. The standard InChI is InChI=1S/C7H5N3O2/c11-7(12)10-3-1-2-5-6(10)4-8-9-5/h1-4H,(H,11,12). The summed E-state index contributed by atoms with van der Waals surface area (Å²) in [6.45, 7) is 0. The summed E-state index contributed by atoms with van der Waals surface area (Å²) in [6, 6.07) is 3.33. The normalized spacial score (nSPS) is 10.3. The van der Waals surface area contributed by atoms with Gasteiger partial charge in [-0.3, -0.25) is 0 Å². The lowest BCUT2D eigenvalue weighted by atomic mass is 10.3. The van der Waals surface area contributed by atoms with E-state index in [1.54, 1.807) is 12.1 Å². The fourth-order valence-electron chi connectivity index (χ4n) is 1.03. The number of pyridine rings is 1. The van der Waals surface area contributed by atoms with E-state index < -0.39 is 6.09 Å². The summed E-state index contributed by atoms with van der Waals surface area (Å²) < 4.78 is 1.08. The van der Waals surface area contributed by atoms with Gasteiger partial charge in [0.05, 0.1) is 11.9 Å². The molecule has 12 heavy (non-hydrogen) atoms. The van der Waals surface area contributed by atoms with Crippen LogP contribution in [0.5, 0.6) is 0 Å². The van der Waals surface area contributed by atoms with Crippen LogP contribution >= 0.6 is 0 Å². The summed E-state index contributed by atoms with van der Waals surface area (Å²) in [5.74, 6) is 0. The van der Waals surface area contributed by atoms with Crippen molar-refractivity contribution >= 4 is 6.09 Å². The zero-order valence-electron chi connectivity index (χ0n) is 6.01. The van der Waals surface area contributed by atoms with Crippen molar-refractivity contribution in [1.29, 1.82) is 0 Å². The van der Waals surface area contributed by atoms with Crippen molar-refractivity contribution < 1.29 is 9.90 Å². The Morgan fingerprint density at radius 1 is 1.58 bits per heavy atom. The molecule has 2 aliphatic rings. The third-order valence-electron chi connectivity index (χ3n) is 1.56. The Morgan fingerprint density at radius 2 is 2.42 bits per heavy atom. The lowest BCUT2D eigenvalue weighted by Gasteiger charge is -2.03. The molecule has 0 spiro atoms. The van der Waals surface area contributed by atoms with Gasteiger partial charge in [-0.2, -0.15) is 5.10 Å². The van der Waals surface area contributed by atoms with Crippen LogP contribution in [0.3, 0.4) is 0 Å². The smallest absolute Gasteiger partial charge is 0.416 e. The highest BCUT2D eigenvalue weighted by atomic mass is 16.4. The maximum Gasteiger partial charge on any atom is 0.416 e. The first-order chi connectivity index (χ1) is 5.79. The van der Waals surface area contributed by atoms with Crippen molar-refractivity contribution in [3.63, 3.8) is 0 Å². The van der Waals surface area contributed by atoms with E-state index in [2.05, 4.69) is 10.2 Å². The Hall–Kier alpha value is -1.91. The Morgan fingerprint density at radius 3 is 3.17 bits per heavy atom. The van der Waals surface area contributed by atoms with Gasteiger partial charge in [-0.1, -0.05) is 0 Å². The minimum atomic E-state index is -1.03. The van der Waals surface area contributed by atoms with Crippen LogP contribution < -0.4 is 0 Å². The molecule has 0 saturated carbocycles. The molecular weight excluding hydrogens is 158 g/mol. The van der Waals surface area contributed by atoms with Crippen LogP contribution in [0.25, 0.3) is 11.4 Å². The first-order valence-electron chi connectivity index (χ1n) is 3.31. The predicted molar refractivity (Wildman–Crippen MR) is 40.1 cm³/mol. The quantitative estimate of drug-likeness (QED) is 0.626. The third-order valence-corrected chi connectivity index (χ3v) is 1.56. The predicted octanol–water partition coefficient (Wildman–Crippen LogP) is 0.909.